The van der Waals surface area contributed by atoms with Gasteiger partial charge in [0.25, 0.3) is 0 Å². The van der Waals surface area contributed by atoms with Gasteiger partial charge in [0.05, 0.1) is 12.7 Å². The molecule has 0 heterocycles. The molecule has 3 heteroatoms. The summed E-state index contributed by atoms with van der Waals surface area (Å²) in [4.78, 5) is 0. The van der Waals surface area contributed by atoms with Gasteiger partial charge in [-0.1, -0.05) is 0 Å². The van der Waals surface area contributed by atoms with Gasteiger partial charge in [-0.15, -0.1) is 0 Å². The second-order valence-corrected chi connectivity index (χ2v) is 4.06. The summed E-state index contributed by atoms with van der Waals surface area (Å²) in [6.45, 7) is 2.63. The zero-order chi connectivity index (χ0) is 11.4. The van der Waals surface area contributed by atoms with Crippen molar-refractivity contribution < 1.29 is 14.6 Å². The molecular weight excluding hydrogens is 204 g/mol. The molecule has 0 aromatic heterocycles. The Kier molecular flexibility index (Phi) is 3.67. The second kappa shape index (κ2) is 5.21. The lowest BCUT2D eigenvalue weighted by Crippen LogP contribution is -2.25. The van der Waals surface area contributed by atoms with Crippen molar-refractivity contribution in [1.29, 1.82) is 0 Å². The monoisotopic (exact) mass is 222 g/mol. The Hall–Kier alpha value is -1.22. The third-order valence-electron chi connectivity index (χ3n) is 2.84. The molecule has 1 aromatic carbocycles. The quantitative estimate of drug-likeness (QED) is 0.850. The van der Waals surface area contributed by atoms with Crippen LogP contribution in [0.5, 0.6) is 11.5 Å². The van der Waals surface area contributed by atoms with Crippen molar-refractivity contribution in [3.8, 4) is 11.5 Å². The van der Waals surface area contributed by atoms with Crippen molar-refractivity contribution in [2.75, 3.05) is 6.61 Å². The van der Waals surface area contributed by atoms with Crippen LogP contribution in [0.2, 0.25) is 0 Å². The van der Waals surface area contributed by atoms with Crippen LogP contribution in [0.15, 0.2) is 24.3 Å². The Labute approximate surface area is 96.0 Å². The van der Waals surface area contributed by atoms with Crippen LogP contribution in [-0.4, -0.2) is 23.9 Å². The summed E-state index contributed by atoms with van der Waals surface area (Å²) in [5.41, 5.74) is 0. The summed E-state index contributed by atoms with van der Waals surface area (Å²) in [6, 6.07) is 7.55. The zero-order valence-corrected chi connectivity index (χ0v) is 9.56. The van der Waals surface area contributed by atoms with Crippen LogP contribution in [0.1, 0.15) is 26.2 Å². The maximum atomic E-state index is 9.64. The molecule has 1 saturated carbocycles. The summed E-state index contributed by atoms with van der Waals surface area (Å²) < 4.78 is 11.1. The van der Waals surface area contributed by atoms with Crippen molar-refractivity contribution in [2.24, 2.45) is 0 Å². The summed E-state index contributed by atoms with van der Waals surface area (Å²) in [5.74, 6) is 1.65. The first-order valence-electron chi connectivity index (χ1n) is 5.87. The van der Waals surface area contributed by atoms with E-state index in [1.807, 2.05) is 31.2 Å². The van der Waals surface area contributed by atoms with Crippen LogP contribution in [0.3, 0.4) is 0 Å². The van der Waals surface area contributed by atoms with Gasteiger partial charge in [-0.3, -0.25) is 0 Å². The number of benzene rings is 1. The van der Waals surface area contributed by atoms with Gasteiger partial charge in [0.1, 0.15) is 17.6 Å². The van der Waals surface area contributed by atoms with Gasteiger partial charge in [-0.2, -0.15) is 0 Å². The predicted octanol–water partition coefficient (Wildman–Crippen LogP) is 2.38. The molecule has 1 aromatic rings. The van der Waals surface area contributed by atoms with Crippen LogP contribution >= 0.6 is 0 Å². The normalized spacial score (nSPS) is 24.4. The van der Waals surface area contributed by atoms with Gasteiger partial charge >= 0.3 is 0 Å². The van der Waals surface area contributed by atoms with Crippen molar-refractivity contribution in [3.63, 3.8) is 0 Å². The van der Waals surface area contributed by atoms with E-state index in [0.29, 0.717) is 6.61 Å². The number of rotatable bonds is 4. The minimum atomic E-state index is -0.313. The van der Waals surface area contributed by atoms with Crippen molar-refractivity contribution >= 4 is 0 Å². The van der Waals surface area contributed by atoms with Gasteiger partial charge in [-0.25, -0.2) is 0 Å². The topological polar surface area (TPSA) is 38.7 Å². The van der Waals surface area contributed by atoms with E-state index in [1.54, 1.807) is 0 Å². The number of aliphatic hydroxyl groups excluding tert-OH is 1. The van der Waals surface area contributed by atoms with Gasteiger partial charge < -0.3 is 14.6 Å². The molecule has 0 amide bonds. The van der Waals surface area contributed by atoms with E-state index in [9.17, 15) is 5.11 Å². The molecule has 88 valence electrons. The van der Waals surface area contributed by atoms with Gasteiger partial charge in [0, 0.05) is 0 Å². The fraction of sp³-hybridized carbons (Fsp3) is 0.538. The highest BCUT2D eigenvalue weighted by atomic mass is 16.5. The molecule has 1 N–H and O–H groups in total. The Morgan fingerprint density at radius 2 is 1.88 bits per heavy atom. The smallest absolute Gasteiger partial charge is 0.124 e. The van der Waals surface area contributed by atoms with Crippen LogP contribution in [0.4, 0.5) is 0 Å². The number of hydrogen-bond donors (Lipinski definition) is 1. The molecule has 0 unspecified atom stereocenters. The fourth-order valence-corrected chi connectivity index (χ4v) is 2.00. The maximum absolute atomic E-state index is 9.64. The molecule has 0 radical (unpaired) electrons. The Bertz CT molecular complexity index is 320. The van der Waals surface area contributed by atoms with E-state index in [1.165, 1.54) is 0 Å². The largest absolute Gasteiger partial charge is 0.494 e. The molecule has 1 aliphatic rings. The minimum absolute atomic E-state index is 0.0436. The SMILES string of the molecule is CCOc1ccc(O[C@H]2CCC[C@@H]2O)cc1. The molecule has 2 atom stereocenters. The first-order chi connectivity index (χ1) is 7.79. The highest BCUT2D eigenvalue weighted by Crippen LogP contribution is 2.25. The average Bonchev–Trinajstić information content (AvgIpc) is 2.68. The molecule has 0 bridgehead atoms. The molecule has 2 rings (SSSR count). The van der Waals surface area contributed by atoms with Gasteiger partial charge in [0.15, 0.2) is 0 Å². The first-order valence-corrected chi connectivity index (χ1v) is 5.87. The van der Waals surface area contributed by atoms with Crippen molar-refractivity contribution in [1.82, 2.24) is 0 Å². The minimum Gasteiger partial charge on any atom is -0.494 e. The number of hydrogen-bond acceptors (Lipinski definition) is 3. The van der Waals surface area contributed by atoms with Crippen LogP contribution < -0.4 is 9.47 Å². The van der Waals surface area contributed by atoms with E-state index < -0.39 is 0 Å². The zero-order valence-electron chi connectivity index (χ0n) is 9.56. The molecule has 1 fully saturated rings. The molecule has 0 aliphatic heterocycles. The Balaban J connectivity index is 1.94. The lowest BCUT2D eigenvalue weighted by Gasteiger charge is -2.17. The molecule has 0 spiro atoms. The molecular formula is C13H18O3. The summed E-state index contributed by atoms with van der Waals surface area (Å²) in [7, 11) is 0. The highest BCUT2D eigenvalue weighted by molar-refractivity contribution is 5.31. The fourth-order valence-electron chi connectivity index (χ4n) is 2.00. The van der Waals surface area contributed by atoms with E-state index in [2.05, 4.69) is 0 Å². The lowest BCUT2D eigenvalue weighted by molar-refractivity contribution is 0.0603. The average molecular weight is 222 g/mol. The van der Waals surface area contributed by atoms with Crippen molar-refractivity contribution in [3.05, 3.63) is 24.3 Å². The molecule has 16 heavy (non-hydrogen) atoms. The number of aliphatic hydroxyl groups is 1. The Morgan fingerprint density at radius 3 is 2.44 bits per heavy atom. The molecule has 0 saturated heterocycles. The molecule has 1 aliphatic carbocycles. The van der Waals surface area contributed by atoms with Crippen LogP contribution in [0.25, 0.3) is 0 Å². The van der Waals surface area contributed by atoms with Gasteiger partial charge in [0.2, 0.25) is 0 Å². The third-order valence-corrected chi connectivity index (χ3v) is 2.84. The summed E-state index contributed by atoms with van der Waals surface area (Å²) in [6.07, 6.45) is 2.48. The summed E-state index contributed by atoms with van der Waals surface area (Å²) >= 11 is 0. The van der Waals surface area contributed by atoms with E-state index >= 15 is 0 Å². The van der Waals surface area contributed by atoms with E-state index in [-0.39, 0.29) is 12.2 Å². The predicted molar refractivity (Wildman–Crippen MR) is 61.9 cm³/mol. The summed E-state index contributed by atoms with van der Waals surface area (Å²) in [5, 5.41) is 9.64. The standard InChI is InChI=1S/C13H18O3/c1-2-15-10-6-8-11(9-7-10)16-13-5-3-4-12(13)14/h6-9,12-14H,2-5H2,1H3/t12-,13-/m0/s1. The Morgan fingerprint density at radius 1 is 1.19 bits per heavy atom. The second-order valence-electron chi connectivity index (χ2n) is 4.06. The van der Waals surface area contributed by atoms with Crippen LogP contribution in [-0.2, 0) is 0 Å². The highest BCUT2D eigenvalue weighted by Gasteiger charge is 2.26. The number of ether oxygens (including phenoxy) is 2. The van der Waals surface area contributed by atoms with E-state index in [0.717, 1.165) is 30.8 Å². The van der Waals surface area contributed by atoms with Gasteiger partial charge in [-0.05, 0) is 50.5 Å². The van der Waals surface area contributed by atoms with Crippen molar-refractivity contribution in [2.45, 2.75) is 38.4 Å². The maximum Gasteiger partial charge on any atom is 0.124 e. The van der Waals surface area contributed by atoms with E-state index in [4.69, 9.17) is 9.47 Å². The molecule has 3 nitrogen and oxygen atoms in total. The lowest BCUT2D eigenvalue weighted by atomic mass is 10.2. The third kappa shape index (κ3) is 2.67. The first kappa shape index (κ1) is 11.3. The van der Waals surface area contributed by atoms with Crippen LogP contribution in [0, 0.1) is 0 Å².